The summed E-state index contributed by atoms with van der Waals surface area (Å²) in [7, 11) is -2.64. The van der Waals surface area contributed by atoms with Crippen LogP contribution < -0.4 is 10.4 Å². The Bertz CT molecular complexity index is 1210. The number of benzene rings is 3. The average Bonchev–Trinajstić information content (AvgIpc) is 3.35. The van der Waals surface area contributed by atoms with Crippen LogP contribution in [0.1, 0.15) is 39.1 Å². The molecule has 1 atom stereocenters. The summed E-state index contributed by atoms with van der Waals surface area (Å²) in [6, 6.07) is 30.4. The Hall–Kier alpha value is -3.39. The molecule has 0 amide bonds. The third-order valence-corrected chi connectivity index (χ3v) is 11.3. The maximum atomic E-state index is 11.2. The summed E-state index contributed by atoms with van der Waals surface area (Å²) in [6.45, 7) is 8.82. The smallest absolute Gasteiger partial charge is 0.261 e. The van der Waals surface area contributed by atoms with E-state index in [1.807, 2.05) is 48.5 Å². The van der Waals surface area contributed by atoms with Crippen LogP contribution in [0.4, 0.5) is 0 Å². The molecule has 35 heavy (non-hydrogen) atoms. The first-order chi connectivity index (χ1) is 16.8. The Morgan fingerprint density at radius 3 is 1.86 bits per heavy atom. The molecule has 1 aromatic heterocycles. The summed E-state index contributed by atoms with van der Waals surface area (Å²) in [5, 5.41) is 25.5. The maximum absolute atomic E-state index is 11.2. The molecular formula is C28H32N4O2Si. The maximum Gasteiger partial charge on any atom is 0.261 e. The predicted molar refractivity (Wildman–Crippen MR) is 142 cm³/mol. The van der Waals surface area contributed by atoms with Gasteiger partial charge >= 0.3 is 0 Å². The van der Waals surface area contributed by atoms with Crippen molar-refractivity contribution in [2.24, 2.45) is 0 Å². The van der Waals surface area contributed by atoms with E-state index in [2.05, 4.69) is 84.8 Å². The van der Waals surface area contributed by atoms with Gasteiger partial charge in [0.25, 0.3) is 8.32 Å². The lowest BCUT2D eigenvalue weighted by molar-refractivity contribution is 0.0900. The standard InChI is InChI=1S/C28H32N4O2Si/c1-27(2,3)35(24-17-10-6-11-18-24,25-19-12-7-13-20-25)34-22-14-21-32-26(29-30-31-32)28(4,33)23-15-8-5-9-16-23/h5-21,33H,22H2,1-4H3/b21-14+/t28-/m0/s1. The summed E-state index contributed by atoms with van der Waals surface area (Å²) in [5.74, 6) is 0.338. The first-order valence-electron chi connectivity index (χ1n) is 11.7. The van der Waals surface area contributed by atoms with Crippen LogP contribution in [0.25, 0.3) is 6.20 Å². The van der Waals surface area contributed by atoms with Gasteiger partial charge in [0.15, 0.2) is 5.82 Å². The van der Waals surface area contributed by atoms with Gasteiger partial charge in [-0.2, -0.15) is 0 Å². The summed E-state index contributed by atoms with van der Waals surface area (Å²) in [5.41, 5.74) is -0.624. The summed E-state index contributed by atoms with van der Waals surface area (Å²) >= 11 is 0. The number of aliphatic hydroxyl groups is 1. The molecule has 1 N–H and O–H groups in total. The molecule has 0 aliphatic heterocycles. The molecule has 0 radical (unpaired) electrons. The highest BCUT2D eigenvalue weighted by atomic mass is 28.4. The molecule has 3 aromatic carbocycles. The van der Waals surface area contributed by atoms with Crippen molar-refractivity contribution in [3.63, 3.8) is 0 Å². The van der Waals surface area contributed by atoms with Gasteiger partial charge in [0.05, 0.1) is 6.61 Å². The van der Waals surface area contributed by atoms with E-state index in [0.717, 1.165) is 0 Å². The largest absolute Gasteiger partial charge is 0.404 e. The van der Waals surface area contributed by atoms with Crippen LogP contribution in [0.3, 0.4) is 0 Å². The van der Waals surface area contributed by atoms with E-state index in [4.69, 9.17) is 4.43 Å². The van der Waals surface area contributed by atoms with Gasteiger partial charge < -0.3 is 9.53 Å². The summed E-state index contributed by atoms with van der Waals surface area (Å²) in [4.78, 5) is 0. The van der Waals surface area contributed by atoms with Crippen molar-refractivity contribution < 1.29 is 9.53 Å². The van der Waals surface area contributed by atoms with E-state index < -0.39 is 13.9 Å². The SMILES string of the molecule is CC(C)(C)[Si](OC/C=C/n1nnnc1[C@@](C)(O)c1ccccc1)(c1ccccc1)c1ccccc1. The zero-order chi connectivity index (χ0) is 24.9. The number of hydrogen-bond donors (Lipinski definition) is 1. The normalized spacial score (nSPS) is 14.2. The minimum absolute atomic E-state index is 0.111. The van der Waals surface area contributed by atoms with Crippen LogP contribution in [-0.2, 0) is 10.0 Å². The van der Waals surface area contributed by atoms with Crippen LogP contribution in [0.15, 0.2) is 97.1 Å². The predicted octanol–water partition coefficient (Wildman–Crippen LogP) is 3.98. The molecule has 0 aliphatic rings. The van der Waals surface area contributed by atoms with Crippen molar-refractivity contribution in [3.05, 3.63) is 108 Å². The third-order valence-electron chi connectivity index (χ3n) is 6.32. The van der Waals surface area contributed by atoms with Crippen LogP contribution in [0.2, 0.25) is 5.04 Å². The van der Waals surface area contributed by atoms with Gasteiger partial charge in [-0.3, -0.25) is 0 Å². The molecule has 0 spiro atoms. The molecular weight excluding hydrogens is 452 g/mol. The molecule has 6 nitrogen and oxygen atoms in total. The quantitative estimate of drug-likeness (QED) is 0.383. The summed E-state index contributed by atoms with van der Waals surface area (Å²) in [6.07, 6.45) is 3.66. The van der Waals surface area contributed by atoms with E-state index in [1.54, 1.807) is 13.1 Å². The van der Waals surface area contributed by atoms with Gasteiger partial charge in [-0.25, -0.2) is 4.68 Å². The van der Waals surface area contributed by atoms with E-state index >= 15 is 0 Å². The molecule has 0 aliphatic carbocycles. The first-order valence-corrected chi connectivity index (χ1v) is 13.7. The zero-order valence-corrected chi connectivity index (χ0v) is 21.7. The fraction of sp³-hybridized carbons (Fsp3) is 0.250. The number of nitrogens with zero attached hydrogens (tertiary/aromatic N) is 4. The van der Waals surface area contributed by atoms with Crippen LogP contribution in [0.5, 0.6) is 0 Å². The second kappa shape index (κ2) is 10.1. The second-order valence-corrected chi connectivity index (χ2v) is 14.1. The number of aromatic nitrogens is 4. The first kappa shape index (κ1) is 24.7. The highest BCUT2D eigenvalue weighted by Gasteiger charge is 2.49. The van der Waals surface area contributed by atoms with Crippen LogP contribution in [0, 0.1) is 0 Å². The van der Waals surface area contributed by atoms with Crippen molar-refractivity contribution in [1.82, 2.24) is 20.2 Å². The summed E-state index contributed by atoms with van der Waals surface area (Å²) < 4.78 is 8.38. The minimum Gasteiger partial charge on any atom is -0.404 e. The lowest BCUT2D eigenvalue weighted by Crippen LogP contribution is -2.66. The second-order valence-electron chi connectivity index (χ2n) is 9.74. The molecule has 0 bridgehead atoms. The highest BCUT2D eigenvalue weighted by molar-refractivity contribution is 6.99. The van der Waals surface area contributed by atoms with Crippen molar-refractivity contribution in [2.45, 2.75) is 38.3 Å². The molecule has 1 heterocycles. The van der Waals surface area contributed by atoms with Gasteiger partial charge in [0.1, 0.15) is 5.60 Å². The van der Waals surface area contributed by atoms with E-state index in [9.17, 15) is 5.11 Å². The van der Waals surface area contributed by atoms with E-state index in [0.29, 0.717) is 18.0 Å². The Labute approximate surface area is 208 Å². The lowest BCUT2D eigenvalue weighted by Gasteiger charge is -2.42. The van der Waals surface area contributed by atoms with Gasteiger partial charge in [0.2, 0.25) is 0 Å². The molecule has 4 aromatic rings. The van der Waals surface area contributed by atoms with Crippen molar-refractivity contribution in [2.75, 3.05) is 6.61 Å². The molecule has 4 rings (SSSR count). The van der Waals surface area contributed by atoms with Crippen molar-refractivity contribution in [1.29, 1.82) is 0 Å². The van der Waals surface area contributed by atoms with Gasteiger partial charge in [-0.05, 0) is 44.4 Å². The topological polar surface area (TPSA) is 73.1 Å². The Morgan fingerprint density at radius 2 is 1.34 bits per heavy atom. The fourth-order valence-electron chi connectivity index (χ4n) is 4.58. The zero-order valence-electron chi connectivity index (χ0n) is 20.7. The van der Waals surface area contributed by atoms with Gasteiger partial charge in [-0.1, -0.05) is 112 Å². The monoisotopic (exact) mass is 484 g/mol. The lowest BCUT2D eigenvalue weighted by atomic mass is 9.95. The number of tetrazole rings is 1. The van der Waals surface area contributed by atoms with Crippen LogP contribution in [-0.4, -0.2) is 40.2 Å². The van der Waals surface area contributed by atoms with Gasteiger partial charge in [0, 0.05) is 6.20 Å². The average molecular weight is 485 g/mol. The molecule has 7 heteroatoms. The Balaban J connectivity index is 1.64. The molecule has 0 saturated carbocycles. The minimum atomic E-state index is -2.64. The Morgan fingerprint density at radius 1 is 0.829 bits per heavy atom. The van der Waals surface area contributed by atoms with Crippen LogP contribution >= 0.6 is 0 Å². The fourth-order valence-corrected chi connectivity index (χ4v) is 9.09. The molecule has 0 unspecified atom stereocenters. The van der Waals surface area contributed by atoms with Crippen molar-refractivity contribution >= 4 is 24.9 Å². The third kappa shape index (κ3) is 4.88. The number of rotatable bonds is 8. The Kier molecular flexibility index (Phi) is 7.12. The number of hydrogen-bond acceptors (Lipinski definition) is 5. The molecule has 0 saturated heterocycles. The molecule has 180 valence electrons. The van der Waals surface area contributed by atoms with E-state index in [-0.39, 0.29) is 5.04 Å². The molecule has 0 fully saturated rings. The highest BCUT2D eigenvalue weighted by Crippen LogP contribution is 2.36. The van der Waals surface area contributed by atoms with E-state index in [1.165, 1.54) is 15.1 Å². The van der Waals surface area contributed by atoms with Gasteiger partial charge in [-0.15, -0.1) is 5.10 Å². The van der Waals surface area contributed by atoms with Crippen molar-refractivity contribution in [3.8, 4) is 0 Å².